The topological polar surface area (TPSA) is 29.5 Å². The van der Waals surface area contributed by atoms with Gasteiger partial charge in [-0.25, -0.2) is 0 Å². The molecule has 90 valence electrons. The van der Waals surface area contributed by atoms with E-state index in [-0.39, 0.29) is 0 Å². The van der Waals surface area contributed by atoms with Crippen molar-refractivity contribution < 1.29 is 9.84 Å². The van der Waals surface area contributed by atoms with Crippen LogP contribution in [0.5, 0.6) is 5.75 Å². The molecule has 4 heteroatoms. The summed E-state index contributed by atoms with van der Waals surface area (Å²) in [6.07, 6.45) is -0.674. The molecule has 1 unspecified atom stereocenters. The van der Waals surface area contributed by atoms with Gasteiger partial charge in [-0.2, -0.15) is 0 Å². The van der Waals surface area contributed by atoms with E-state index in [0.717, 1.165) is 21.8 Å². The summed E-state index contributed by atoms with van der Waals surface area (Å²) in [6.45, 7) is 1.95. The SMILES string of the molecule is COc1ccc(C(O)c2sccc2Cl)cc1C. The predicted octanol–water partition coefficient (Wildman–Crippen LogP) is 3.80. The Morgan fingerprint density at radius 2 is 2.12 bits per heavy atom. The van der Waals surface area contributed by atoms with E-state index in [4.69, 9.17) is 16.3 Å². The van der Waals surface area contributed by atoms with Gasteiger partial charge in [0.25, 0.3) is 0 Å². The second-order valence-electron chi connectivity index (χ2n) is 3.76. The molecule has 0 aliphatic rings. The summed E-state index contributed by atoms with van der Waals surface area (Å²) in [7, 11) is 1.63. The molecule has 0 saturated heterocycles. The Bertz CT molecular complexity index is 522. The van der Waals surface area contributed by atoms with Crippen molar-refractivity contribution in [3.05, 3.63) is 50.7 Å². The fraction of sp³-hybridized carbons (Fsp3) is 0.231. The van der Waals surface area contributed by atoms with Crippen LogP contribution >= 0.6 is 22.9 Å². The highest BCUT2D eigenvalue weighted by atomic mass is 35.5. The Balaban J connectivity index is 2.35. The van der Waals surface area contributed by atoms with Gasteiger partial charge in [-0.05, 0) is 41.6 Å². The normalized spacial score (nSPS) is 12.5. The molecule has 0 radical (unpaired) electrons. The van der Waals surface area contributed by atoms with Gasteiger partial charge >= 0.3 is 0 Å². The lowest BCUT2D eigenvalue weighted by molar-refractivity contribution is 0.224. The van der Waals surface area contributed by atoms with Crippen molar-refractivity contribution in [2.24, 2.45) is 0 Å². The maximum absolute atomic E-state index is 10.2. The average Bonchev–Trinajstić information content (AvgIpc) is 2.74. The van der Waals surface area contributed by atoms with Crippen LogP contribution in [0.15, 0.2) is 29.6 Å². The number of thiophene rings is 1. The first-order valence-electron chi connectivity index (χ1n) is 5.19. The molecule has 1 aromatic carbocycles. The van der Waals surface area contributed by atoms with Crippen molar-refractivity contribution in [3.8, 4) is 5.75 Å². The summed E-state index contributed by atoms with van der Waals surface area (Å²) in [6, 6.07) is 7.42. The highest BCUT2D eigenvalue weighted by Gasteiger charge is 2.16. The quantitative estimate of drug-likeness (QED) is 0.917. The molecule has 0 aliphatic heterocycles. The Morgan fingerprint density at radius 3 is 2.65 bits per heavy atom. The zero-order valence-corrected chi connectivity index (χ0v) is 11.2. The summed E-state index contributed by atoms with van der Waals surface area (Å²) in [4.78, 5) is 0.774. The van der Waals surface area contributed by atoms with Crippen molar-refractivity contribution in [3.63, 3.8) is 0 Å². The zero-order chi connectivity index (χ0) is 12.4. The molecule has 0 spiro atoms. The van der Waals surface area contributed by atoms with Crippen LogP contribution in [0.2, 0.25) is 5.02 Å². The highest BCUT2D eigenvalue weighted by Crippen LogP contribution is 2.34. The molecule has 0 bridgehead atoms. The van der Waals surface area contributed by atoms with Crippen LogP contribution in [0.1, 0.15) is 22.1 Å². The van der Waals surface area contributed by atoms with Crippen LogP contribution in [0.4, 0.5) is 0 Å². The molecule has 1 atom stereocenters. The number of aliphatic hydroxyl groups is 1. The zero-order valence-electron chi connectivity index (χ0n) is 9.61. The van der Waals surface area contributed by atoms with E-state index >= 15 is 0 Å². The Kier molecular flexibility index (Phi) is 3.72. The van der Waals surface area contributed by atoms with Crippen LogP contribution in [0.3, 0.4) is 0 Å². The van der Waals surface area contributed by atoms with E-state index < -0.39 is 6.10 Å². The summed E-state index contributed by atoms with van der Waals surface area (Å²) in [5.74, 6) is 0.818. The van der Waals surface area contributed by atoms with Gasteiger partial charge in [0.1, 0.15) is 11.9 Å². The molecule has 0 aliphatic carbocycles. The standard InChI is InChI=1S/C13H13ClO2S/c1-8-7-9(3-4-11(8)16-2)12(15)13-10(14)5-6-17-13/h3-7,12,15H,1-2H3. The summed E-state index contributed by atoms with van der Waals surface area (Å²) < 4.78 is 5.19. The minimum Gasteiger partial charge on any atom is -0.496 e. The van der Waals surface area contributed by atoms with Crippen molar-refractivity contribution in [1.82, 2.24) is 0 Å². The first-order chi connectivity index (χ1) is 8.13. The number of ether oxygens (including phenoxy) is 1. The van der Waals surface area contributed by atoms with Gasteiger partial charge < -0.3 is 9.84 Å². The smallest absolute Gasteiger partial charge is 0.121 e. The van der Waals surface area contributed by atoms with Gasteiger partial charge in [0.05, 0.1) is 17.0 Å². The number of benzene rings is 1. The van der Waals surface area contributed by atoms with Gasteiger partial charge in [0.2, 0.25) is 0 Å². The highest BCUT2D eigenvalue weighted by molar-refractivity contribution is 7.10. The number of aryl methyl sites for hydroxylation is 1. The Morgan fingerprint density at radius 1 is 1.35 bits per heavy atom. The molecule has 0 amide bonds. The summed E-state index contributed by atoms with van der Waals surface area (Å²) in [5.41, 5.74) is 1.82. The van der Waals surface area contributed by atoms with Crippen LogP contribution < -0.4 is 4.74 Å². The molecule has 17 heavy (non-hydrogen) atoms. The average molecular weight is 269 g/mol. The van der Waals surface area contributed by atoms with Crippen molar-refractivity contribution in [2.75, 3.05) is 7.11 Å². The molecule has 2 nitrogen and oxygen atoms in total. The molecule has 1 heterocycles. The number of halogens is 1. The molecule has 1 aromatic heterocycles. The van der Waals surface area contributed by atoms with E-state index in [2.05, 4.69) is 0 Å². The van der Waals surface area contributed by atoms with Gasteiger partial charge in [0, 0.05) is 0 Å². The minimum atomic E-state index is -0.674. The molecule has 0 fully saturated rings. The molecule has 0 saturated carbocycles. The largest absolute Gasteiger partial charge is 0.496 e. The maximum Gasteiger partial charge on any atom is 0.121 e. The first-order valence-corrected chi connectivity index (χ1v) is 6.44. The minimum absolute atomic E-state index is 0.607. The first kappa shape index (κ1) is 12.4. The summed E-state index contributed by atoms with van der Waals surface area (Å²) >= 11 is 7.46. The number of rotatable bonds is 3. The number of hydrogen-bond donors (Lipinski definition) is 1. The summed E-state index contributed by atoms with van der Waals surface area (Å²) in [5, 5.41) is 12.7. The van der Waals surface area contributed by atoms with Gasteiger partial charge in [-0.1, -0.05) is 17.7 Å². The lowest BCUT2D eigenvalue weighted by Gasteiger charge is -2.12. The van der Waals surface area contributed by atoms with Gasteiger partial charge in [0.15, 0.2) is 0 Å². The van der Waals surface area contributed by atoms with Gasteiger partial charge in [-0.15, -0.1) is 11.3 Å². The third-order valence-electron chi connectivity index (χ3n) is 2.63. The third-order valence-corrected chi connectivity index (χ3v) is 4.04. The fourth-order valence-electron chi connectivity index (χ4n) is 1.72. The van der Waals surface area contributed by atoms with Gasteiger partial charge in [-0.3, -0.25) is 0 Å². The molecule has 1 N–H and O–H groups in total. The maximum atomic E-state index is 10.2. The number of aliphatic hydroxyl groups excluding tert-OH is 1. The molecule has 2 aromatic rings. The Labute approximate surface area is 109 Å². The predicted molar refractivity (Wildman–Crippen MR) is 71.1 cm³/mol. The van der Waals surface area contributed by atoms with E-state index in [9.17, 15) is 5.11 Å². The van der Waals surface area contributed by atoms with Crippen LogP contribution in [-0.2, 0) is 0 Å². The van der Waals surface area contributed by atoms with E-state index in [1.165, 1.54) is 11.3 Å². The number of hydrogen-bond acceptors (Lipinski definition) is 3. The van der Waals surface area contributed by atoms with E-state index in [1.54, 1.807) is 13.2 Å². The second kappa shape index (κ2) is 5.08. The van der Waals surface area contributed by atoms with E-state index in [0.29, 0.717) is 5.02 Å². The van der Waals surface area contributed by atoms with Crippen LogP contribution in [0, 0.1) is 6.92 Å². The monoisotopic (exact) mass is 268 g/mol. The van der Waals surface area contributed by atoms with Crippen molar-refractivity contribution in [1.29, 1.82) is 0 Å². The fourth-order valence-corrected chi connectivity index (χ4v) is 2.89. The lowest BCUT2D eigenvalue weighted by atomic mass is 10.0. The van der Waals surface area contributed by atoms with E-state index in [1.807, 2.05) is 30.5 Å². The third kappa shape index (κ3) is 2.46. The Hall–Kier alpha value is -1.03. The van der Waals surface area contributed by atoms with Crippen LogP contribution in [0.25, 0.3) is 0 Å². The molecule has 2 rings (SSSR count). The van der Waals surface area contributed by atoms with Crippen LogP contribution in [-0.4, -0.2) is 12.2 Å². The lowest BCUT2D eigenvalue weighted by Crippen LogP contribution is -1.99. The molecular formula is C13H13ClO2S. The molecular weight excluding hydrogens is 256 g/mol. The van der Waals surface area contributed by atoms with Crippen molar-refractivity contribution >= 4 is 22.9 Å². The van der Waals surface area contributed by atoms with Crippen molar-refractivity contribution in [2.45, 2.75) is 13.0 Å². The second-order valence-corrected chi connectivity index (χ2v) is 5.12. The number of methoxy groups -OCH3 is 1.